The number of hydrogen-bond donors (Lipinski definition) is 1. The molecule has 1 unspecified atom stereocenters. The summed E-state index contributed by atoms with van der Waals surface area (Å²) in [5.41, 5.74) is 1.74. The molecule has 1 N–H and O–H groups in total. The van der Waals surface area contributed by atoms with Crippen LogP contribution in [0.3, 0.4) is 0 Å². The van der Waals surface area contributed by atoms with Gasteiger partial charge in [-0.2, -0.15) is 0 Å². The van der Waals surface area contributed by atoms with Gasteiger partial charge in [0, 0.05) is 26.0 Å². The maximum Gasteiger partial charge on any atom is 0.274 e. The van der Waals surface area contributed by atoms with E-state index in [4.69, 9.17) is 23.2 Å². The molecule has 2 rings (SSSR count). The van der Waals surface area contributed by atoms with Gasteiger partial charge in [0.25, 0.3) is 6.20 Å². The molecular weight excluding hydrogens is 365 g/mol. The van der Waals surface area contributed by atoms with E-state index in [1.807, 2.05) is 13.0 Å². The minimum atomic E-state index is -0.494. The molecule has 0 aromatic carbocycles. The molecule has 0 amide bonds. The second kappa shape index (κ2) is 8.64. The highest BCUT2D eigenvalue weighted by Crippen LogP contribution is 2.22. The zero-order valence-electron chi connectivity index (χ0n) is 13.7. The van der Waals surface area contributed by atoms with Crippen molar-refractivity contribution in [3.63, 3.8) is 0 Å². The molecule has 25 heavy (non-hydrogen) atoms. The Balaban J connectivity index is 2.14. The van der Waals surface area contributed by atoms with Crippen molar-refractivity contribution in [2.75, 3.05) is 7.05 Å². The summed E-state index contributed by atoms with van der Waals surface area (Å²) in [5, 5.41) is 14.8. The molecule has 0 saturated carbocycles. The lowest BCUT2D eigenvalue weighted by molar-refractivity contribution is -0.404. The molecule has 132 valence electrons. The van der Waals surface area contributed by atoms with Crippen molar-refractivity contribution in [1.82, 2.24) is 20.2 Å². The lowest BCUT2D eigenvalue weighted by Crippen LogP contribution is -2.31. The number of aromatic nitrogens is 2. The average molecular weight is 382 g/mol. The molecule has 0 fully saturated rings. The van der Waals surface area contributed by atoms with Crippen LogP contribution < -0.4 is 5.32 Å². The van der Waals surface area contributed by atoms with Gasteiger partial charge in [0.2, 0.25) is 0 Å². The van der Waals surface area contributed by atoms with Crippen LogP contribution in [-0.2, 0) is 6.54 Å². The summed E-state index contributed by atoms with van der Waals surface area (Å²) in [6.07, 6.45) is 4.20. The van der Waals surface area contributed by atoms with Crippen molar-refractivity contribution in [2.24, 2.45) is 0 Å². The molecule has 0 aliphatic heterocycles. The zero-order chi connectivity index (χ0) is 18.4. The fraction of sp³-hybridized carbons (Fsp3) is 0.250. The van der Waals surface area contributed by atoms with Crippen LogP contribution in [0.2, 0.25) is 10.3 Å². The Hall–Kier alpha value is -2.38. The van der Waals surface area contributed by atoms with Gasteiger partial charge in [-0.25, -0.2) is 9.97 Å². The van der Waals surface area contributed by atoms with Gasteiger partial charge in [-0.15, -0.1) is 0 Å². The van der Waals surface area contributed by atoms with E-state index in [1.54, 1.807) is 42.5 Å². The topological polar surface area (TPSA) is 84.2 Å². The second-order valence-corrected chi connectivity index (χ2v) is 6.12. The Morgan fingerprint density at radius 3 is 2.44 bits per heavy atom. The Labute approximate surface area is 155 Å². The first kappa shape index (κ1) is 19.0. The molecule has 9 heteroatoms. The van der Waals surface area contributed by atoms with E-state index in [-0.39, 0.29) is 6.04 Å². The molecule has 2 aromatic heterocycles. The summed E-state index contributed by atoms with van der Waals surface area (Å²) in [6, 6.07) is 6.85. The van der Waals surface area contributed by atoms with Crippen molar-refractivity contribution in [3.8, 4) is 0 Å². The van der Waals surface area contributed by atoms with Crippen molar-refractivity contribution in [3.05, 3.63) is 80.2 Å². The minimum absolute atomic E-state index is 0.146. The van der Waals surface area contributed by atoms with Crippen LogP contribution in [0, 0.1) is 10.1 Å². The number of nitrogens with zero attached hydrogens (tertiary/aromatic N) is 4. The third-order valence-electron chi connectivity index (χ3n) is 3.68. The molecule has 1 atom stereocenters. The van der Waals surface area contributed by atoms with Crippen molar-refractivity contribution in [2.45, 2.75) is 19.5 Å². The number of rotatable bonds is 7. The third kappa shape index (κ3) is 5.58. The van der Waals surface area contributed by atoms with Gasteiger partial charge in [-0.1, -0.05) is 35.3 Å². The molecule has 7 nitrogen and oxygen atoms in total. The Morgan fingerprint density at radius 2 is 1.92 bits per heavy atom. The van der Waals surface area contributed by atoms with E-state index in [9.17, 15) is 10.1 Å². The van der Waals surface area contributed by atoms with Gasteiger partial charge < -0.3 is 10.2 Å². The van der Waals surface area contributed by atoms with Gasteiger partial charge in [0.05, 0.1) is 11.0 Å². The van der Waals surface area contributed by atoms with Crippen LogP contribution in [0.5, 0.6) is 0 Å². The molecule has 0 saturated heterocycles. The summed E-state index contributed by atoms with van der Waals surface area (Å²) in [7, 11) is 1.77. The molecule has 0 aliphatic carbocycles. The van der Waals surface area contributed by atoms with Crippen LogP contribution in [0.1, 0.15) is 24.1 Å². The summed E-state index contributed by atoms with van der Waals surface area (Å²) in [5.74, 6) is 0.363. The average Bonchev–Trinajstić information content (AvgIpc) is 2.59. The first-order valence-corrected chi connectivity index (χ1v) is 8.16. The maximum absolute atomic E-state index is 11.0. The fourth-order valence-corrected chi connectivity index (χ4v) is 2.36. The lowest BCUT2D eigenvalue weighted by atomic mass is 10.1. The van der Waals surface area contributed by atoms with Crippen molar-refractivity contribution in [1.29, 1.82) is 0 Å². The number of nitro groups is 1. The van der Waals surface area contributed by atoms with E-state index in [1.165, 1.54) is 0 Å². The summed E-state index contributed by atoms with van der Waals surface area (Å²) < 4.78 is 0. The number of halogens is 2. The molecule has 2 aromatic rings. The van der Waals surface area contributed by atoms with Gasteiger partial charge in [-0.05, 0) is 30.2 Å². The third-order valence-corrected chi connectivity index (χ3v) is 4.13. The van der Waals surface area contributed by atoms with Crippen molar-refractivity contribution >= 4 is 23.2 Å². The minimum Gasteiger partial charge on any atom is -0.362 e. The molecule has 0 radical (unpaired) electrons. The van der Waals surface area contributed by atoms with Crippen LogP contribution in [0.15, 0.2) is 48.7 Å². The van der Waals surface area contributed by atoms with Gasteiger partial charge >= 0.3 is 0 Å². The van der Waals surface area contributed by atoms with E-state index < -0.39 is 4.92 Å². The quantitative estimate of drug-likeness (QED) is 0.447. The number of nitrogens with one attached hydrogen (secondary N) is 1. The smallest absolute Gasteiger partial charge is 0.274 e. The highest BCUT2D eigenvalue weighted by Gasteiger charge is 2.17. The second-order valence-electron chi connectivity index (χ2n) is 5.34. The van der Waals surface area contributed by atoms with Gasteiger partial charge in [-0.3, -0.25) is 10.1 Å². The van der Waals surface area contributed by atoms with Gasteiger partial charge in [0.1, 0.15) is 10.3 Å². The number of pyridine rings is 2. The molecule has 0 spiro atoms. The highest BCUT2D eigenvalue weighted by atomic mass is 35.5. The standard InChI is InChI=1S/C16H17Cl2N5O2/c1-11(13-4-6-15(18)20-9-13)22(2)16(10-23(24)25)21-8-12-3-5-14(17)19-7-12/h3-7,9-11,21H,8H2,1-2H3. The molecule has 0 bridgehead atoms. The monoisotopic (exact) mass is 381 g/mol. The molecular formula is C16H17Cl2N5O2. The van der Waals surface area contributed by atoms with E-state index in [0.717, 1.165) is 17.3 Å². The Morgan fingerprint density at radius 1 is 1.28 bits per heavy atom. The fourth-order valence-electron chi connectivity index (χ4n) is 2.13. The van der Waals surface area contributed by atoms with Crippen LogP contribution in [0.25, 0.3) is 0 Å². The summed E-state index contributed by atoms with van der Waals surface area (Å²) in [4.78, 5) is 20.3. The Bertz CT molecular complexity index is 750. The predicted molar refractivity (Wildman–Crippen MR) is 96.6 cm³/mol. The highest BCUT2D eigenvalue weighted by molar-refractivity contribution is 6.29. The Kier molecular flexibility index (Phi) is 6.55. The number of hydrogen-bond acceptors (Lipinski definition) is 6. The predicted octanol–water partition coefficient (Wildman–Crippen LogP) is 3.64. The SMILES string of the molecule is CC(c1ccc(Cl)nc1)N(C)C(=C[N+](=O)[O-])NCc1ccc(Cl)nc1. The summed E-state index contributed by atoms with van der Waals surface area (Å²) in [6.45, 7) is 2.30. The zero-order valence-corrected chi connectivity index (χ0v) is 15.2. The van der Waals surface area contributed by atoms with E-state index in [2.05, 4.69) is 15.3 Å². The lowest BCUT2D eigenvalue weighted by Gasteiger charge is -2.28. The van der Waals surface area contributed by atoms with Crippen LogP contribution in [-0.4, -0.2) is 26.8 Å². The van der Waals surface area contributed by atoms with Crippen LogP contribution >= 0.6 is 23.2 Å². The molecule has 0 aliphatic rings. The molecule has 2 heterocycles. The van der Waals surface area contributed by atoms with Crippen LogP contribution in [0.4, 0.5) is 0 Å². The maximum atomic E-state index is 11.0. The van der Waals surface area contributed by atoms with E-state index in [0.29, 0.717) is 22.7 Å². The van der Waals surface area contributed by atoms with E-state index >= 15 is 0 Å². The normalized spacial score (nSPS) is 12.6. The van der Waals surface area contributed by atoms with Crippen molar-refractivity contribution < 1.29 is 4.92 Å². The first-order chi connectivity index (χ1) is 11.9. The largest absolute Gasteiger partial charge is 0.362 e. The first-order valence-electron chi connectivity index (χ1n) is 7.40. The van der Waals surface area contributed by atoms with Gasteiger partial charge in [0.15, 0.2) is 5.82 Å². The summed E-state index contributed by atoms with van der Waals surface area (Å²) >= 11 is 11.6.